The molecular formula is C17H21ClN2OS. The standard InChI is InChI=1S/C17H21ClN2OS/c1-12-16(22-11-19-12)10-20-8-6-14(7-9-20)17(21)13-2-4-15(18)5-3-13/h2-5,11,14,17,21H,6-10H2,1H3. The number of piperidine rings is 1. The monoisotopic (exact) mass is 336 g/mol. The van der Waals surface area contributed by atoms with Crippen LogP contribution in [0.4, 0.5) is 0 Å². The van der Waals surface area contributed by atoms with Crippen molar-refractivity contribution < 1.29 is 5.11 Å². The molecule has 22 heavy (non-hydrogen) atoms. The first-order valence-electron chi connectivity index (χ1n) is 7.68. The number of aliphatic hydroxyl groups is 1. The molecule has 0 aliphatic carbocycles. The summed E-state index contributed by atoms with van der Waals surface area (Å²) in [5, 5.41) is 11.3. The van der Waals surface area contributed by atoms with Gasteiger partial charge in [0.25, 0.3) is 0 Å². The minimum absolute atomic E-state index is 0.333. The van der Waals surface area contributed by atoms with E-state index in [2.05, 4.69) is 16.8 Å². The van der Waals surface area contributed by atoms with Crippen LogP contribution in [0.15, 0.2) is 29.8 Å². The van der Waals surface area contributed by atoms with Crippen molar-refractivity contribution in [3.8, 4) is 0 Å². The van der Waals surface area contributed by atoms with E-state index in [4.69, 9.17) is 11.6 Å². The molecule has 0 bridgehead atoms. The van der Waals surface area contributed by atoms with Crippen LogP contribution < -0.4 is 0 Å². The summed E-state index contributed by atoms with van der Waals surface area (Å²) in [6.45, 7) is 5.13. The van der Waals surface area contributed by atoms with Crippen LogP contribution >= 0.6 is 22.9 Å². The molecule has 1 unspecified atom stereocenters. The van der Waals surface area contributed by atoms with Gasteiger partial charge < -0.3 is 5.11 Å². The molecule has 3 nitrogen and oxygen atoms in total. The third-order valence-electron chi connectivity index (χ3n) is 4.50. The molecule has 1 N–H and O–H groups in total. The van der Waals surface area contributed by atoms with Gasteiger partial charge in [0.15, 0.2) is 0 Å². The number of aryl methyl sites for hydroxylation is 1. The van der Waals surface area contributed by atoms with Crippen molar-refractivity contribution in [1.29, 1.82) is 0 Å². The smallest absolute Gasteiger partial charge is 0.0819 e. The first kappa shape index (κ1) is 15.9. The summed E-state index contributed by atoms with van der Waals surface area (Å²) in [5.74, 6) is 0.333. The number of thiazole rings is 1. The van der Waals surface area contributed by atoms with Gasteiger partial charge in [0.05, 0.1) is 17.3 Å². The minimum atomic E-state index is -0.385. The fourth-order valence-corrected chi connectivity index (χ4v) is 3.98. The SMILES string of the molecule is Cc1ncsc1CN1CCC(C(O)c2ccc(Cl)cc2)CC1. The van der Waals surface area contributed by atoms with Crippen LogP contribution in [0.1, 0.15) is 35.1 Å². The normalized spacial score (nSPS) is 18.5. The Bertz CT molecular complexity index is 605. The lowest BCUT2D eigenvalue weighted by Gasteiger charge is -2.34. The second-order valence-electron chi connectivity index (χ2n) is 5.97. The molecule has 1 saturated heterocycles. The Morgan fingerprint density at radius 1 is 1.32 bits per heavy atom. The summed E-state index contributed by atoms with van der Waals surface area (Å²) in [4.78, 5) is 8.14. The Hall–Kier alpha value is -0.940. The number of aromatic nitrogens is 1. The average molecular weight is 337 g/mol. The Kier molecular flexibility index (Phi) is 5.14. The average Bonchev–Trinajstić information content (AvgIpc) is 2.93. The van der Waals surface area contributed by atoms with E-state index in [9.17, 15) is 5.11 Å². The van der Waals surface area contributed by atoms with Gasteiger partial charge in [0.2, 0.25) is 0 Å². The van der Waals surface area contributed by atoms with Crippen LogP contribution in [-0.4, -0.2) is 28.1 Å². The van der Waals surface area contributed by atoms with Crippen molar-refractivity contribution in [2.45, 2.75) is 32.4 Å². The number of halogens is 1. The number of likely N-dealkylation sites (tertiary alicyclic amines) is 1. The number of hydrogen-bond acceptors (Lipinski definition) is 4. The van der Waals surface area contributed by atoms with Gasteiger partial charge in [-0.2, -0.15) is 0 Å². The van der Waals surface area contributed by atoms with Gasteiger partial charge in [-0.05, 0) is 56.5 Å². The van der Waals surface area contributed by atoms with E-state index in [1.807, 2.05) is 29.8 Å². The molecule has 1 aromatic heterocycles. The summed E-state index contributed by atoms with van der Waals surface area (Å²) in [6, 6.07) is 7.56. The van der Waals surface area contributed by atoms with Crippen molar-refractivity contribution in [2.75, 3.05) is 13.1 Å². The molecule has 1 aliphatic heterocycles. The Balaban J connectivity index is 1.55. The van der Waals surface area contributed by atoms with E-state index in [0.29, 0.717) is 10.9 Å². The van der Waals surface area contributed by atoms with Gasteiger partial charge in [-0.25, -0.2) is 4.98 Å². The summed E-state index contributed by atoms with van der Waals surface area (Å²) in [7, 11) is 0. The zero-order valence-electron chi connectivity index (χ0n) is 12.7. The van der Waals surface area contributed by atoms with Gasteiger partial charge in [-0.3, -0.25) is 4.90 Å². The quantitative estimate of drug-likeness (QED) is 0.915. The maximum Gasteiger partial charge on any atom is 0.0819 e. The number of hydrogen-bond donors (Lipinski definition) is 1. The largest absolute Gasteiger partial charge is 0.388 e. The molecule has 0 amide bonds. The molecule has 1 fully saturated rings. The summed E-state index contributed by atoms with van der Waals surface area (Å²) < 4.78 is 0. The summed E-state index contributed by atoms with van der Waals surface area (Å²) in [6.07, 6.45) is 1.67. The Morgan fingerprint density at radius 2 is 2.00 bits per heavy atom. The highest BCUT2D eigenvalue weighted by Crippen LogP contribution is 2.32. The Labute approximate surface area is 140 Å². The second-order valence-corrected chi connectivity index (χ2v) is 7.35. The topological polar surface area (TPSA) is 36.4 Å². The van der Waals surface area contributed by atoms with Gasteiger partial charge in [-0.15, -0.1) is 11.3 Å². The van der Waals surface area contributed by atoms with Crippen LogP contribution in [0.25, 0.3) is 0 Å². The lowest BCUT2D eigenvalue weighted by Crippen LogP contribution is -2.35. The van der Waals surface area contributed by atoms with E-state index in [1.54, 1.807) is 11.3 Å². The summed E-state index contributed by atoms with van der Waals surface area (Å²) >= 11 is 7.64. The number of benzene rings is 1. The highest BCUT2D eigenvalue weighted by molar-refractivity contribution is 7.09. The number of rotatable bonds is 4. The predicted molar refractivity (Wildman–Crippen MR) is 91.3 cm³/mol. The van der Waals surface area contributed by atoms with E-state index < -0.39 is 0 Å². The third kappa shape index (κ3) is 3.69. The van der Waals surface area contributed by atoms with Gasteiger partial charge >= 0.3 is 0 Å². The maximum absolute atomic E-state index is 10.6. The van der Waals surface area contributed by atoms with Gasteiger partial charge in [0.1, 0.15) is 0 Å². The fourth-order valence-electron chi connectivity index (χ4n) is 3.04. The van der Waals surface area contributed by atoms with Crippen LogP contribution in [0.2, 0.25) is 5.02 Å². The van der Waals surface area contributed by atoms with Gasteiger partial charge in [0, 0.05) is 16.4 Å². The number of aliphatic hydroxyl groups excluding tert-OH is 1. The molecule has 1 aliphatic rings. The molecule has 0 radical (unpaired) electrons. The summed E-state index contributed by atoms with van der Waals surface area (Å²) in [5.41, 5.74) is 4.04. The van der Waals surface area contributed by atoms with Crippen LogP contribution in [0.3, 0.4) is 0 Å². The van der Waals surface area contributed by atoms with E-state index in [1.165, 1.54) is 4.88 Å². The lowest BCUT2D eigenvalue weighted by atomic mass is 9.87. The first-order chi connectivity index (χ1) is 10.6. The zero-order chi connectivity index (χ0) is 15.5. The van der Waals surface area contributed by atoms with Crippen molar-refractivity contribution in [3.63, 3.8) is 0 Å². The Morgan fingerprint density at radius 3 is 2.59 bits per heavy atom. The predicted octanol–water partition coefficient (Wildman–Crippen LogP) is 4.05. The molecule has 5 heteroatoms. The van der Waals surface area contributed by atoms with Crippen LogP contribution in [0.5, 0.6) is 0 Å². The molecule has 118 valence electrons. The maximum atomic E-state index is 10.6. The molecule has 0 spiro atoms. The molecule has 1 atom stereocenters. The molecule has 2 heterocycles. The van der Waals surface area contributed by atoms with Crippen LogP contribution in [0, 0.1) is 12.8 Å². The lowest BCUT2D eigenvalue weighted by molar-refractivity contribution is 0.0570. The van der Waals surface area contributed by atoms with E-state index in [0.717, 1.165) is 43.7 Å². The number of nitrogens with zero attached hydrogens (tertiary/aromatic N) is 2. The second kappa shape index (κ2) is 7.09. The highest BCUT2D eigenvalue weighted by atomic mass is 35.5. The molecule has 2 aromatic rings. The van der Waals surface area contributed by atoms with Crippen molar-refractivity contribution in [1.82, 2.24) is 9.88 Å². The fraction of sp³-hybridized carbons (Fsp3) is 0.471. The minimum Gasteiger partial charge on any atom is -0.388 e. The zero-order valence-corrected chi connectivity index (χ0v) is 14.3. The molecular weight excluding hydrogens is 316 g/mol. The molecule has 1 aromatic carbocycles. The van der Waals surface area contributed by atoms with Gasteiger partial charge in [-0.1, -0.05) is 23.7 Å². The van der Waals surface area contributed by atoms with Crippen molar-refractivity contribution in [2.24, 2.45) is 5.92 Å². The van der Waals surface area contributed by atoms with Crippen molar-refractivity contribution >= 4 is 22.9 Å². The van der Waals surface area contributed by atoms with E-state index >= 15 is 0 Å². The molecule has 3 rings (SSSR count). The first-order valence-corrected chi connectivity index (χ1v) is 8.94. The molecule has 0 saturated carbocycles. The highest BCUT2D eigenvalue weighted by Gasteiger charge is 2.26. The van der Waals surface area contributed by atoms with E-state index in [-0.39, 0.29) is 6.10 Å². The van der Waals surface area contributed by atoms with Crippen LogP contribution in [-0.2, 0) is 6.54 Å². The van der Waals surface area contributed by atoms with Crippen molar-refractivity contribution in [3.05, 3.63) is 50.9 Å². The third-order valence-corrected chi connectivity index (χ3v) is 5.67.